The minimum Gasteiger partial charge on any atom is -0.466 e. The van der Waals surface area contributed by atoms with E-state index in [0.29, 0.717) is 4.47 Å². The molecule has 4 heteroatoms. The molecule has 0 heterocycles. The first-order valence-corrected chi connectivity index (χ1v) is 9.88. The first-order chi connectivity index (χ1) is 11.5. The van der Waals surface area contributed by atoms with Crippen LogP contribution in [0.15, 0.2) is 16.6 Å². The zero-order valence-corrected chi connectivity index (χ0v) is 16.5. The smallest absolute Gasteiger partial charge is 0.188 e. The van der Waals surface area contributed by atoms with Gasteiger partial charge in [-0.1, -0.05) is 13.8 Å². The zero-order valence-electron chi connectivity index (χ0n) is 14.9. The van der Waals surface area contributed by atoms with Gasteiger partial charge in [-0.25, -0.2) is 4.39 Å². The fourth-order valence-electron chi connectivity index (χ4n) is 5.34. The fourth-order valence-corrected chi connectivity index (χ4v) is 5.88. The summed E-state index contributed by atoms with van der Waals surface area (Å²) >= 11 is 3.50. The Hall–Kier alpha value is -0.610. The van der Waals surface area contributed by atoms with Crippen molar-refractivity contribution >= 4 is 15.9 Å². The molecule has 0 radical (unpaired) electrons. The summed E-state index contributed by atoms with van der Waals surface area (Å²) in [6, 6.07) is 3.19. The molecule has 2 unspecified atom stereocenters. The van der Waals surface area contributed by atoms with Crippen LogP contribution in [0.1, 0.15) is 57.9 Å². The maximum atomic E-state index is 14.2. The van der Waals surface area contributed by atoms with Gasteiger partial charge in [0.1, 0.15) is 11.6 Å². The molecule has 0 aromatic heterocycles. The molecule has 2 aliphatic carbocycles. The van der Waals surface area contributed by atoms with Crippen LogP contribution in [0.5, 0.6) is 5.75 Å². The van der Waals surface area contributed by atoms with E-state index in [2.05, 4.69) is 29.8 Å². The second-order valence-electron chi connectivity index (χ2n) is 7.90. The van der Waals surface area contributed by atoms with E-state index >= 15 is 0 Å². The summed E-state index contributed by atoms with van der Waals surface area (Å²) < 4.78 is 25.9. The average Bonchev–Trinajstić information content (AvgIpc) is 2.52. The van der Waals surface area contributed by atoms with Crippen LogP contribution >= 0.6 is 15.9 Å². The van der Waals surface area contributed by atoms with Crippen LogP contribution in [0.2, 0.25) is 0 Å². The van der Waals surface area contributed by atoms with Crippen LogP contribution in [-0.2, 0) is 10.2 Å². The van der Waals surface area contributed by atoms with E-state index in [1.807, 2.05) is 0 Å². The van der Waals surface area contributed by atoms with Crippen LogP contribution in [0.3, 0.4) is 0 Å². The molecule has 0 saturated heterocycles. The number of fused-ring (bicyclic) bond motifs is 2. The van der Waals surface area contributed by atoms with Crippen molar-refractivity contribution in [2.45, 2.75) is 57.8 Å². The molecule has 24 heavy (non-hydrogen) atoms. The molecule has 1 aromatic rings. The first kappa shape index (κ1) is 18.2. The van der Waals surface area contributed by atoms with Crippen molar-refractivity contribution in [1.82, 2.24) is 0 Å². The number of rotatable bonds is 5. The molecular formula is C20H28BrFO2. The third-order valence-electron chi connectivity index (χ3n) is 6.07. The van der Waals surface area contributed by atoms with Crippen molar-refractivity contribution < 1.29 is 13.9 Å². The monoisotopic (exact) mass is 398 g/mol. The Morgan fingerprint density at radius 3 is 2.46 bits per heavy atom. The zero-order chi connectivity index (χ0) is 17.3. The van der Waals surface area contributed by atoms with Gasteiger partial charge < -0.3 is 9.47 Å². The van der Waals surface area contributed by atoms with Gasteiger partial charge >= 0.3 is 0 Å². The lowest BCUT2D eigenvalue weighted by molar-refractivity contribution is 0.0437. The molecule has 2 atom stereocenters. The van der Waals surface area contributed by atoms with Crippen molar-refractivity contribution in [1.29, 1.82) is 0 Å². The van der Waals surface area contributed by atoms with E-state index in [4.69, 9.17) is 9.47 Å². The molecule has 3 rings (SSSR count). The number of benzene rings is 1. The Morgan fingerprint density at radius 1 is 1.21 bits per heavy atom. The van der Waals surface area contributed by atoms with E-state index in [-0.39, 0.29) is 18.0 Å². The average molecular weight is 399 g/mol. The molecule has 0 N–H and O–H groups in total. The molecule has 2 nitrogen and oxygen atoms in total. The summed E-state index contributed by atoms with van der Waals surface area (Å²) in [7, 11) is 1.61. The van der Waals surface area contributed by atoms with Crippen LogP contribution < -0.4 is 4.74 Å². The van der Waals surface area contributed by atoms with Crippen LogP contribution in [-0.4, -0.2) is 13.9 Å². The Morgan fingerprint density at radius 2 is 1.88 bits per heavy atom. The molecule has 0 aliphatic heterocycles. The molecule has 134 valence electrons. The van der Waals surface area contributed by atoms with Gasteiger partial charge in [0.25, 0.3) is 0 Å². The summed E-state index contributed by atoms with van der Waals surface area (Å²) in [4.78, 5) is 0. The number of hydrogen-bond acceptors (Lipinski definition) is 2. The van der Waals surface area contributed by atoms with Crippen molar-refractivity contribution in [2.24, 2.45) is 17.8 Å². The van der Waals surface area contributed by atoms with Crippen molar-refractivity contribution in [3.8, 4) is 5.75 Å². The lowest BCUT2D eigenvalue weighted by Crippen LogP contribution is -2.40. The maximum Gasteiger partial charge on any atom is 0.188 e. The largest absolute Gasteiger partial charge is 0.466 e. The van der Waals surface area contributed by atoms with Crippen molar-refractivity contribution in [3.05, 3.63) is 28.0 Å². The Labute approximate surface area is 153 Å². The van der Waals surface area contributed by atoms with Gasteiger partial charge in [-0.05, 0) is 89.8 Å². The van der Waals surface area contributed by atoms with Gasteiger partial charge in [-0.3, -0.25) is 0 Å². The van der Waals surface area contributed by atoms with E-state index in [0.717, 1.165) is 48.3 Å². The topological polar surface area (TPSA) is 18.5 Å². The van der Waals surface area contributed by atoms with Gasteiger partial charge in [-0.2, -0.15) is 0 Å². The number of methoxy groups -OCH3 is 1. The van der Waals surface area contributed by atoms with Crippen molar-refractivity contribution in [2.75, 3.05) is 13.9 Å². The standard InChI is InChI=1S/C20H28BrFO2/c1-4-20(10-14-5-13(2)6-15(7-14)11-20)17-8-16(22)9-18(21)19(17)24-12-23-3/h8-9,13-15H,4-7,10-12H2,1-3H3. The lowest BCUT2D eigenvalue weighted by Gasteiger charge is -2.49. The molecule has 0 amide bonds. The van der Waals surface area contributed by atoms with Gasteiger partial charge in [-0.15, -0.1) is 0 Å². The van der Waals surface area contributed by atoms with E-state index < -0.39 is 0 Å². The number of halogens is 2. The maximum absolute atomic E-state index is 14.2. The van der Waals surface area contributed by atoms with Crippen LogP contribution in [0.25, 0.3) is 0 Å². The second kappa shape index (κ2) is 7.33. The molecule has 1 aromatic carbocycles. The minimum atomic E-state index is -0.196. The molecule has 2 saturated carbocycles. The Bertz CT molecular complexity index is 571. The van der Waals surface area contributed by atoms with Gasteiger partial charge in [0.2, 0.25) is 0 Å². The van der Waals surface area contributed by atoms with Gasteiger partial charge in [0.05, 0.1) is 4.47 Å². The van der Waals surface area contributed by atoms with E-state index in [1.54, 1.807) is 13.2 Å². The van der Waals surface area contributed by atoms with Crippen LogP contribution in [0.4, 0.5) is 4.39 Å². The van der Waals surface area contributed by atoms with Crippen LogP contribution in [0, 0.1) is 23.6 Å². The van der Waals surface area contributed by atoms with E-state index in [9.17, 15) is 4.39 Å². The SMILES string of the molecule is CCC1(c2cc(F)cc(Br)c2OCOC)CC2CC(C)CC(C2)C1. The highest BCUT2D eigenvalue weighted by Crippen LogP contribution is 2.55. The second-order valence-corrected chi connectivity index (χ2v) is 8.76. The van der Waals surface area contributed by atoms with Crippen molar-refractivity contribution in [3.63, 3.8) is 0 Å². The summed E-state index contributed by atoms with van der Waals surface area (Å²) in [6.45, 7) is 4.80. The minimum absolute atomic E-state index is 0.0153. The molecule has 2 aliphatic rings. The molecule has 0 spiro atoms. The summed E-state index contributed by atoms with van der Waals surface area (Å²) in [6.07, 6.45) is 7.27. The predicted octanol–water partition coefficient (Wildman–Crippen LogP) is 6.06. The molecule has 2 fully saturated rings. The van der Waals surface area contributed by atoms with E-state index in [1.165, 1.54) is 25.3 Å². The van der Waals surface area contributed by atoms with Gasteiger partial charge in [0, 0.05) is 12.7 Å². The van der Waals surface area contributed by atoms with Gasteiger partial charge in [0.15, 0.2) is 6.79 Å². The normalized spacial score (nSPS) is 32.6. The first-order valence-electron chi connectivity index (χ1n) is 9.08. The fraction of sp³-hybridized carbons (Fsp3) is 0.700. The lowest BCUT2D eigenvalue weighted by atomic mass is 9.56. The quantitative estimate of drug-likeness (QED) is 0.560. The Balaban J connectivity index is 2.01. The third-order valence-corrected chi connectivity index (χ3v) is 6.66. The highest BCUT2D eigenvalue weighted by atomic mass is 79.9. The highest BCUT2D eigenvalue weighted by Gasteiger charge is 2.45. The third kappa shape index (κ3) is 3.50. The Kier molecular flexibility index (Phi) is 5.55. The molecule has 2 bridgehead atoms. The summed E-state index contributed by atoms with van der Waals surface area (Å²) in [5.74, 6) is 2.90. The highest BCUT2D eigenvalue weighted by molar-refractivity contribution is 9.10. The summed E-state index contributed by atoms with van der Waals surface area (Å²) in [5, 5.41) is 0. The molecular weight excluding hydrogens is 371 g/mol. The predicted molar refractivity (Wildman–Crippen MR) is 97.8 cm³/mol. The summed E-state index contributed by atoms with van der Waals surface area (Å²) in [5.41, 5.74) is 1.04. The number of hydrogen-bond donors (Lipinski definition) is 0. The number of ether oxygens (including phenoxy) is 2.